The predicted octanol–water partition coefficient (Wildman–Crippen LogP) is 7.35. The van der Waals surface area contributed by atoms with E-state index in [1.54, 1.807) is 0 Å². The molecule has 45 heavy (non-hydrogen) atoms. The molecule has 2 rings (SSSR count). The molecule has 0 saturated heterocycles. The van der Waals surface area contributed by atoms with Gasteiger partial charge >= 0.3 is 0 Å². The van der Waals surface area contributed by atoms with Gasteiger partial charge in [0.1, 0.15) is 12.6 Å². The highest BCUT2D eigenvalue weighted by Crippen LogP contribution is 2.36. The standard InChI is InChI=1S/C26H41FN3OP.C6H15N.C2H6.C2H4.CH2O/c1-7-8-30(6)20(5)12-22(11-18(3)28-16-23-9-17(23)2)26(31)29-19(4)10-21-13-24(27)15-25(32)14-21;1-3-4-5-6(2)7;3*1-2/h11-15,17-19,23,28H,7-10,16,32H2,1-6H3,(H,29,31);6H,3-5,7H2,1-2H3;1-2H3;1-2H2;1H2/b20-12+,22-11+;;;;/t17?,18?,19-,23?;;;;/m1..../s1. The zero-order valence-electron chi connectivity index (χ0n) is 30.3. The summed E-state index contributed by atoms with van der Waals surface area (Å²) < 4.78 is 13.7. The molecular formula is C37H68FN4O2P. The second-order valence-corrected chi connectivity index (χ2v) is 12.3. The van der Waals surface area contributed by atoms with Gasteiger partial charge in [-0.2, -0.15) is 0 Å². The lowest BCUT2D eigenvalue weighted by Crippen LogP contribution is -2.36. The molecule has 0 spiro atoms. The molecule has 1 fully saturated rings. The molecule has 6 atom stereocenters. The fraction of sp³-hybridized carbons (Fsp3) is 0.622. The van der Waals surface area contributed by atoms with Crippen LogP contribution in [0.15, 0.2) is 54.8 Å². The molecule has 6 nitrogen and oxygen atoms in total. The summed E-state index contributed by atoms with van der Waals surface area (Å²) in [4.78, 5) is 23.4. The monoisotopic (exact) mass is 651 g/mol. The average molecular weight is 651 g/mol. The zero-order valence-corrected chi connectivity index (χ0v) is 31.5. The van der Waals surface area contributed by atoms with Gasteiger partial charge in [-0.05, 0) is 101 Å². The summed E-state index contributed by atoms with van der Waals surface area (Å²) in [7, 11) is 4.58. The number of amides is 1. The number of hydrogen-bond acceptors (Lipinski definition) is 5. The quantitative estimate of drug-likeness (QED) is 0.0800. The Kier molecular flexibility index (Phi) is 30.4. The second-order valence-electron chi connectivity index (χ2n) is 11.6. The van der Waals surface area contributed by atoms with Crippen molar-refractivity contribution in [1.29, 1.82) is 0 Å². The van der Waals surface area contributed by atoms with Gasteiger partial charge in [0, 0.05) is 43.0 Å². The molecule has 1 aromatic rings. The molecule has 5 unspecified atom stereocenters. The van der Waals surface area contributed by atoms with Gasteiger partial charge < -0.3 is 26.1 Å². The van der Waals surface area contributed by atoms with Crippen LogP contribution in [0, 0.1) is 17.7 Å². The minimum atomic E-state index is -0.256. The van der Waals surface area contributed by atoms with Crippen LogP contribution in [0.1, 0.15) is 100.0 Å². The maximum Gasteiger partial charge on any atom is 0.251 e. The lowest BCUT2D eigenvalue weighted by atomic mass is 10.1. The third kappa shape index (κ3) is 24.6. The molecule has 0 bridgehead atoms. The SMILES string of the molecule is C=C.C=O.CC.CCCCC(C)N.CCCN(C)/C(C)=C/C(=C\C(C)NCC1CC1C)C(=O)N[C@H](C)Cc1cc(F)cc(P)c1. The van der Waals surface area contributed by atoms with Crippen LogP contribution in [-0.2, 0) is 16.0 Å². The first-order valence-electron chi connectivity index (χ1n) is 16.6. The first-order chi connectivity index (χ1) is 21.4. The maximum absolute atomic E-state index is 13.7. The van der Waals surface area contributed by atoms with Gasteiger partial charge in [-0.3, -0.25) is 4.79 Å². The summed E-state index contributed by atoms with van der Waals surface area (Å²) in [6, 6.07) is 5.33. The Labute approximate surface area is 279 Å². The number of hydrogen-bond donors (Lipinski definition) is 3. The highest BCUT2D eigenvalue weighted by molar-refractivity contribution is 7.27. The fourth-order valence-corrected chi connectivity index (χ4v) is 4.79. The Morgan fingerprint density at radius 2 is 1.73 bits per heavy atom. The number of allylic oxidation sites excluding steroid dienone is 1. The van der Waals surface area contributed by atoms with E-state index >= 15 is 0 Å². The molecule has 1 aliphatic rings. The van der Waals surface area contributed by atoms with Crippen molar-refractivity contribution in [1.82, 2.24) is 15.5 Å². The van der Waals surface area contributed by atoms with Crippen LogP contribution in [-0.4, -0.2) is 55.9 Å². The normalized spacial score (nSPS) is 17.2. The van der Waals surface area contributed by atoms with E-state index in [4.69, 9.17) is 10.5 Å². The molecule has 0 radical (unpaired) electrons. The van der Waals surface area contributed by atoms with E-state index in [1.807, 2.05) is 59.8 Å². The van der Waals surface area contributed by atoms with Gasteiger partial charge in [-0.1, -0.05) is 59.6 Å². The van der Waals surface area contributed by atoms with E-state index in [0.29, 0.717) is 18.0 Å². The number of unbranched alkanes of at least 4 members (excludes halogenated alkanes) is 1. The van der Waals surface area contributed by atoms with Crippen LogP contribution in [0.25, 0.3) is 0 Å². The van der Waals surface area contributed by atoms with E-state index in [1.165, 1.54) is 37.8 Å². The number of halogens is 1. The fourth-order valence-electron chi connectivity index (χ4n) is 4.42. The number of rotatable bonds is 15. The predicted molar refractivity (Wildman–Crippen MR) is 199 cm³/mol. The molecule has 0 aliphatic heterocycles. The van der Waals surface area contributed by atoms with Crippen molar-refractivity contribution in [2.24, 2.45) is 17.6 Å². The first kappa shape index (κ1) is 47.1. The Hall–Kier alpha value is -2.34. The molecule has 1 aromatic carbocycles. The summed E-state index contributed by atoms with van der Waals surface area (Å²) in [5, 5.41) is 7.46. The summed E-state index contributed by atoms with van der Waals surface area (Å²) in [6.45, 7) is 28.7. The topological polar surface area (TPSA) is 87.5 Å². The number of nitrogens with zero attached hydrogens (tertiary/aromatic N) is 1. The Bertz CT molecular complexity index is 947. The zero-order chi connectivity index (χ0) is 35.5. The van der Waals surface area contributed by atoms with E-state index < -0.39 is 0 Å². The molecule has 1 saturated carbocycles. The Morgan fingerprint density at radius 1 is 1.16 bits per heavy atom. The minimum absolute atomic E-state index is 0.0993. The smallest absolute Gasteiger partial charge is 0.251 e. The molecular weight excluding hydrogens is 582 g/mol. The van der Waals surface area contributed by atoms with Gasteiger partial charge in [0.15, 0.2) is 0 Å². The van der Waals surface area contributed by atoms with E-state index in [0.717, 1.165) is 47.9 Å². The van der Waals surface area contributed by atoms with Gasteiger partial charge in [0.25, 0.3) is 5.91 Å². The van der Waals surface area contributed by atoms with Gasteiger partial charge in [0.2, 0.25) is 0 Å². The van der Waals surface area contributed by atoms with Crippen LogP contribution in [0.3, 0.4) is 0 Å². The van der Waals surface area contributed by atoms with Crippen molar-refractivity contribution < 1.29 is 14.0 Å². The molecule has 260 valence electrons. The molecule has 0 aromatic heterocycles. The minimum Gasteiger partial charge on any atom is -0.378 e. The molecule has 1 aliphatic carbocycles. The first-order valence-corrected chi connectivity index (χ1v) is 17.2. The van der Waals surface area contributed by atoms with Crippen LogP contribution >= 0.6 is 9.24 Å². The molecule has 4 N–H and O–H groups in total. The van der Waals surface area contributed by atoms with Crippen molar-refractivity contribution in [3.8, 4) is 0 Å². The third-order valence-corrected chi connectivity index (χ3v) is 7.44. The number of benzene rings is 1. The van der Waals surface area contributed by atoms with Crippen molar-refractivity contribution in [2.75, 3.05) is 20.1 Å². The lowest BCUT2D eigenvalue weighted by Gasteiger charge is -2.21. The third-order valence-electron chi connectivity index (χ3n) is 7.11. The molecule has 0 heterocycles. The Morgan fingerprint density at radius 3 is 2.18 bits per heavy atom. The highest BCUT2D eigenvalue weighted by Gasteiger charge is 2.32. The molecule has 8 heteroatoms. The summed E-state index contributed by atoms with van der Waals surface area (Å²) in [6.07, 6.45) is 10.6. The summed E-state index contributed by atoms with van der Waals surface area (Å²) in [5.74, 6) is 1.20. The highest BCUT2D eigenvalue weighted by atomic mass is 31.0. The second kappa shape index (κ2) is 29.1. The van der Waals surface area contributed by atoms with Crippen LogP contribution in [0.5, 0.6) is 0 Å². The molecule has 1 amide bonds. The van der Waals surface area contributed by atoms with Crippen LogP contribution in [0.2, 0.25) is 0 Å². The average Bonchev–Trinajstić information content (AvgIpc) is 3.72. The van der Waals surface area contributed by atoms with Crippen molar-refractivity contribution in [3.05, 3.63) is 66.2 Å². The summed E-state index contributed by atoms with van der Waals surface area (Å²) in [5.41, 5.74) is 8.07. The van der Waals surface area contributed by atoms with Gasteiger partial charge in [0.05, 0.1) is 0 Å². The van der Waals surface area contributed by atoms with E-state index in [9.17, 15) is 9.18 Å². The number of nitrogens with one attached hydrogen (secondary N) is 2. The number of carbonyl (C=O) groups is 2. The van der Waals surface area contributed by atoms with Crippen molar-refractivity contribution >= 4 is 27.2 Å². The van der Waals surface area contributed by atoms with Crippen LogP contribution < -0.4 is 21.7 Å². The van der Waals surface area contributed by atoms with Crippen LogP contribution in [0.4, 0.5) is 4.39 Å². The van der Waals surface area contributed by atoms with E-state index in [2.05, 4.69) is 72.5 Å². The van der Waals surface area contributed by atoms with Gasteiger partial charge in [-0.15, -0.1) is 22.4 Å². The number of nitrogens with two attached hydrogens (primary N) is 1. The maximum atomic E-state index is 13.7. The van der Waals surface area contributed by atoms with E-state index in [-0.39, 0.29) is 23.8 Å². The largest absolute Gasteiger partial charge is 0.378 e. The number of carbonyl (C=O) groups excluding carboxylic acids is 2. The van der Waals surface area contributed by atoms with Gasteiger partial charge in [-0.25, -0.2) is 4.39 Å². The summed E-state index contributed by atoms with van der Waals surface area (Å²) >= 11 is 0. The lowest BCUT2D eigenvalue weighted by molar-refractivity contribution is -0.117. The Balaban J connectivity index is -0.00000116. The van der Waals surface area contributed by atoms with Crippen molar-refractivity contribution in [3.63, 3.8) is 0 Å². The van der Waals surface area contributed by atoms with Crippen molar-refractivity contribution in [2.45, 2.75) is 119 Å².